The fourth-order valence-electron chi connectivity index (χ4n) is 2.76. The standard InChI is InChI=1S/C20H19N3O3/c1-13-6-7-17(26-2)16(10-13)23-19(25)20(8-9-20)18(24)22-15-5-3-4-14(11-15)12-21/h3-7,10-11H,8-9H2,1-2H3,(H,22,24)(H,23,25). The van der Waals surface area contributed by atoms with Gasteiger partial charge in [-0.15, -0.1) is 0 Å². The summed E-state index contributed by atoms with van der Waals surface area (Å²) in [7, 11) is 1.53. The van der Waals surface area contributed by atoms with Crippen LogP contribution in [0.25, 0.3) is 0 Å². The van der Waals surface area contributed by atoms with Crippen molar-refractivity contribution >= 4 is 23.2 Å². The molecule has 2 N–H and O–H groups in total. The van der Waals surface area contributed by atoms with Crippen molar-refractivity contribution in [1.82, 2.24) is 0 Å². The van der Waals surface area contributed by atoms with Gasteiger partial charge in [-0.3, -0.25) is 9.59 Å². The average Bonchev–Trinajstić information content (AvgIpc) is 3.44. The SMILES string of the molecule is COc1ccc(C)cc1NC(=O)C1(C(=O)Nc2cccc(C#N)c2)CC1. The minimum atomic E-state index is -1.09. The van der Waals surface area contributed by atoms with Gasteiger partial charge >= 0.3 is 0 Å². The smallest absolute Gasteiger partial charge is 0.240 e. The molecule has 0 bridgehead atoms. The number of nitriles is 1. The zero-order valence-electron chi connectivity index (χ0n) is 14.6. The van der Waals surface area contributed by atoms with Crippen LogP contribution in [0.2, 0.25) is 0 Å². The molecule has 0 radical (unpaired) electrons. The molecule has 6 heteroatoms. The van der Waals surface area contributed by atoms with Crippen molar-refractivity contribution in [2.75, 3.05) is 17.7 Å². The Morgan fingerprint density at radius 1 is 1.12 bits per heavy atom. The summed E-state index contributed by atoms with van der Waals surface area (Å²) in [5.74, 6) is -0.172. The highest BCUT2D eigenvalue weighted by Gasteiger charge is 2.56. The molecule has 2 aromatic rings. The summed E-state index contributed by atoms with van der Waals surface area (Å²) in [6, 6.07) is 14.1. The van der Waals surface area contributed by atoms with Gasteiger partial charge in [-0.05, 0) is 55.7 Å². The molecule has 2 amide bonds. The first-order valence-corrected chi connectivity index (χ1v) is 8.26. The molecule has 1 saturated carbocycles. The Labute approximate surface area is 151 Å². The second-order valence-electron chi connectivity index (χ2n) is 6.39. The number of rotatable bonds is 5. The molecule has 0 unspecified atom stereocenters. The van der Waals surface area contributed by atoms with Gasteiger partial charge in [-0.1, -0.05) is 12.1 Å². The molecule has 3 rings (SSSR count). The second-order valence-corrected chi connectivity index (χ2v) is 6.39. The van der Waals surface area contributed by atoms with Gasteiger partial charge in [0.15, 0.2) is 0 Å². The number of hydrogen-bond acceptors (Lipinski definition) is 4. The molecule has 0 aliphatic heterocycles. The maximum absolute atomic E-state index is 12.8. The van der Waals surface area contributed by atoms with E-state index in [0.717, 1.165) is 5.56 Å². The zero-order chi connectivity index (χ0) is 18.7. The van der Waals surface area contributed by atoms with Crippen LogP contribution < -0.4 is 15.4 Å². The molecule has 0 heterocycles. The van der Waals surface area contributed by atoms with Gasteiger partial charge < -0.3 is 15.4 Å². The summed E-state index contributed by atoms with van der Waals surface area (Å²) in [5, 5.41) is 14.5. The number of anilines is 2. The van der Waals surface area contributed by atoms with E-state index >= 15 is 0 Å². The van der Waals surface area contributed by atoms with Crippen LogP contribution >= 0.6 is 0 Å². The van der Waals surface area contributed by atoms with Gasteiger partial charge in [0.25, 0.3) is 0 Å². The van der Waals surface area contributed by atoms with Crippen molar-refractivity contribution in [3.05, 3.63) is 53.6 Å². The van der Waals surface area contributed by atoms with Crippen molar-refractivity contribution in [2.24, 2.45) is 5.41 Å². The van der Waals surface area contributed by atoms with Gasteiger partial charge in [0.2, 0.25) is 11.8 Å². The summed E-state index contributed by atoms with van der Waals surface area (Å²) in [5.41, 5.74) is 1.38. The fourth-order valence-corrected chi connectivity index (χ4v) is 2.76. The van der Waals surface area contributed by atoms with E-state index in [-0.39, 0.29) is 11.8 Å². The van der Waals surface area contributed by atoms with E-state index in [4.69, 9.17) is 10.00 Å². The van der Waals surface area contributed by atoms with E-state index in [2.05, 4.69) is 10.6 Å². The highest BCUT2D eigenvalue weighted by molar-refractivity contribution is 6.17. The lowest BCUT2D eigenvalue weighted by atomic mass is 10.0. The Hall–Kier alpha value is -3.33. The molecule has 0 spiro atoms. The number of nitrogens with zero attached hydrogens (tertiary/aromatic N) is 1. The van der Waals surface area contributed by atoms with Crippen molar-refractivity contribution in [2.45, 2.75) is 19.8 Å². The molecule has 132 valence electrons. The second kappa shape index (κ2) is 6.89. The number of methoxy groups -OCH3 is 1. The molecule has 26 heavy (non-hydrogen) atoms. The maximum Gasteiger partial charge on any atom is 0.240 e. The fraction of sp³-hybridized carbons (Fsp3) is 0.250. The van der Waals surface area contributed by atoms with Crippen LogP contribution in [0, 0.1) is 23.7 Å². The minimum Gasteiger partial charge on any atom is -0.495 e. The summed E-state index contributed by atoms with van der Waals surface area (Å²) < 4.78 is 5.27. The van der Waals surface area contributed by atoms with Crippen LogP contribution in [-0.4, -0.2) is 18.9 Å². The highest BCUT2D eigenvalue weighted by Crippen LogP contribution is 2.48. The summed E-state index contributed by atoms with van der Waals surface area (Å²) in [6.07, 6.45) is 0.966. The lowest BCUT2D eigenvalue weighted by Gasteiger charge is -2.17. The van der Waals surface area contributed by atoms with Crippen molar-refractivity contribution in [3.8, 4) is 11.8 Å². The van der Waals surface area contributed by atoms with Crippen LogP contribution in [0.3, 0.4) is 0 Å². The third kappa shape index (κ3) is 3.38. The number of ether oxygens (including phenoxy) is 1. The normalized spacial score (nSPS) is 14.0. The van der Waals surface area contributed by atoms with E-state index in [0.29, 0.717) is 35.5 Å². The van der Waals surface area contributed by atoms with Gasteiger partial charge in [0, 0.05) is 5.69 Å². The quantitative estimate of drug-likeness (QED) is 0.811. The summed E-state index contributed by atoms with van der Waals surface area (Å²) in [6.45, 7) is 1.91. The van der Waals surface area contributed by atoms with Crippen LogP contribution in [0.1, 0.15) is 24.0 Å². The van der Waals surface area contributed by atoms with Crippen LogP contribution in [0.15, 0.2) is 42.5 Å². The monoisotopic (exact) mass is 349 g/mol. The molecule has 0 aromatic heterocycles. The van der Waals surface area contributed by atoms with Crippen LogP contribution in [-0.2, 0) is 9.59 Å². The number of carbonyl (C=O) groups excluding carboxylic acids is 2. The molecule has 0 saturated heterocycles. The van der Waals surface area contributed by atoms with Crippen LogP contribution in [0.5, 0.6) is 5.75 Å². The lowest BCUT2D eigenvalue weighted by molar-refractivity contribution is -0.131. The zero-order valence-corrected chi connectivity index (χ0v) is 14.6. The Kier molecular flexibility index (Phi) is 4.63. The van der Waals surface area contributed by atoms with E-state index < -0.39 is 5.41 Å². The lowest BCUT2D eigenvalue weighted by Crippen LogP contribution is -2.35. The van der Waals surface area contributed by atoms with Gasteiger partial charge in [-0.25, -0.2) is 0 Å². The predicted molar refractivity (Wildman–Crippen MR) is 97.8 cm³/mol. The van der Waals surface area contributed by atoms with E-state index in [1.54, 1.807) is 36.4 Å². The van der Waals surface area contributed by atoms with Crippen molar-refractivity contribution in [3.63, 3.8) is 0 Å². The molecule has 2 aromatic carbocycles. The van der Waals surface area contributed by atoms with Gasteiger partial charge in [0.1, 0.15) is 11.2 Å². The molecule has 6 nitrogen and oxygen atoms in total. The summed E-state index contributed by atoms with van der Waals surface area (Å²) >= 11 is 0. The largest absolute Gasteiger partial charge is 0.495 e. The third-order valence-electron chi connectivity index (χ3n) is 4.47. The topological polar surface area (TPSA) is 91.2 Å². The van der Waals surface area contributed by atoms with Crippen molar-refractivity contribution < 1.29 is 14.3 Å². The summed E-state index contributed by atoms with van der Waals surface area (Å²) in [4.78, 5) is 25.4. The molecule has 0 atom stereocenters. The number of carbonyl (C=O) groups is 2. The van der Waals surface area contributed by atoms with Crippen LogP contribution in [0.4, 0.5) is 11.4 Å². The number of aryl methyl sites for hydroxylation is 1. The number of benzene rings is 2. The molecular weight excluding hydrogens is 330 g/mol. The highest BCUT2D eigenvalue weighted by atomic mass is 16.5. The Bertz CT molecular complexity index is 911. The first-order valence-electron chi connectivity index (χ1n) is 8.26. The van der Waals surface area contributed by atoms with Gasteiger partial charge in [0.05, 0.1) is 24.4 Å². The third-order valence-corrected chi connectivity index (χ3v) is 4.47. The Balaban J connectivity index is 1.76. The number of hydrogen-bond donors (Lipinski definition) is 2. The predicted octanol–water partition coefficient (Wildman–Crippen LogP) is 3.23. The Morgan fingerprint density at radius 3 is 2.50 bits per heavy atom. The van der Waals surface area contributed by atoms with Crippen molar-refractivity contribution in [1.29, 1.82) is 5.26 Å². The average molecular weight is 349 g/mol. The minimum absolute atomic E-state index is 0.352. The number of amides is 2. The first kappa shape index (κ1) is 17.5. The van der Waals surface area contributed by atoms with E-state index in [1.807, 2.05) is 19.1 Å². The molecule has 1 aliphatic carbocycles. The van der Waals surface area contributed by atoms with E-state index in [9.17, 15) is 9.59 Å². The molecule has 1 fully saturated rings. The molecular formula is C20H19N3O3. The Morgan fingerprint density at radius 2 is 1.85 bits per heavy atom. The van der Waals surface area contributed by atoms with Gasteiger partial charge in [-0.2, -0.15) is 5.26 Å². The number of nitrogens with one attached hydrogen (secondary N) is 2. The molecule has 1 aliphatic rings. The maximum atomic E-state index is 12.8. The first-order chi connectivity index (χ1) is 12.5. The van der Waals surface area contributed by atoms with E-state index in [1.165, 1.54) is 7.11 Å².